The number of carboxylic acid groups (broad SMARTS) is 1. The first-order valence-electron chi connectivity index (χ1n) is 7.11. The van der Waals surface area contributed by atoms with Crippen molar-refractivity contribution in [2.24, 2.45) is 0 Å². The van der Waals surface area contributed by atoms with Crippen molar-refractivity contribution in [1.82, 2.24) is 4.98 Å². The topological polar surface area (TPSA) is 63.3 Å². The Morgan fingerprint density at radius 3 is 2.57 bits per heavy atom. The average molecular weight is 306 g/mol. The first-order valence-corrected chi connectivity index (χ1v) is 7.48. The van der Waals surface area contributed by atoms with E-state index in [4.69, 9.17) is 21.1 Å². The van der Waals surface area contributed by atoms with Crippen molar-refractivity contribution in [1.29, 1.82) is 0 Å². The number of rotatable bonds is 4. The van der Waals surface area contributed by atoms with E-state index in [1.807, 2.05) is 12.1 Å². The molecule has 0 radical (unpaired) electrons. The molecular weight excluding hydrogens is 290 g/mol. The Balaban J connectivity index is 1.97. The lowest BCUT2D eigenvalue weighted by Gasteiger charge is -2.05. The number of carbonyl (C=O) groups is 1. The molecule has 1 aliphatic rings. The predicted molar refractivity (Wildman–Crippen MR) is 79.5 cm³/mol. The van der Waals surface area contributed by atoms with Crippen LogP contribution in [0, 0.1) is 0 Å². The van der Waals surface area contributed by atoms with E-state index in [-0.39, 0.29) is 6.42 Å². The lowest BCUT2D eigenvalue weighted by molar-refractivity contribution is -0.136. The van der Waals surface area contributed by atoms with E-state index in [1.54, 1.807) is 12.1 Å². The third-order valence-electron chi connectivity index (χ3n) is 3.86. The van der Waals surface area contributed by atoms with Crippen molar-refractivity contribution >= 4 is 17.6 Å². The number of hydrogen-bond donors (Lipinski definition) is 1. The first-order chi connectivity index (χ1) is 10.1. The number of aromatic nitrogens is 1. The van der Waals surface area contributed by atoms with E-state index in [0.717, 1.165) is 37.0 Å². The Morgan fingerprint density at radius 1 is 1.29 bits per heavy atom. The third kappa shape index (κ3) is 3.10. The molecule has 1 aliphatic carbocycles. The summed E-state index contributed by atoms with van der Waals surface area (Å²) in [6.45, 7) is 0. The van der Waals surface area contributed by atoms with Crippen molar-refractivity contribution in [2.45, 2.75) is 38.0 Å². The zero-order valence-electron chi connectivity index (χ0n) is 11.5. The summed E-state index contributed by atoms with van der Waals surface area (Å²) in [5.74, 6) is 0.641. The van der Waals surface area contributed by atoms with E-state index >= 15 is 0 Å². The van der Waals surface area contributed by atoms with E-state index in [0.29, 0.717) is 22.5 Å². The fourth-order valence-electron chi connectivity index (χ4n) is 2.86. The molecule has 21 heavy (non-hydrogen) atoms. The maximum absolute atomic E-state index is 11.0. The highest BCUT2D eigenvalue weighted by molar-refractivity contribution is 6.30. The van der Waals surface area contributed by atoms with Crippen LogP contribution in [-0.2, 0) is 11.2 Å². The number of nitrogens with zero attached hydrogens (tertiary/aromatic N) is 1. The zero-order valence-corrected chi connectivity index (χ0v) is 12.3. The lowest BCUT2D eigenvalue weighted by atomic mass is 10.0. The third-order valence-corrected chi connectivity index (χ3v) is 4.12. The lowest BCUT2D eigenvalue weighted by Crippen LogP contribution is -2.04. The second-order valence-electron chi connectivity index (χ2n) is 5.39. The zero-order chi connectivity index (χ0) is 14.8. The van der Waals surface area contributed by atoms with Gasteiger partial charge in [0.05, 0.1) is 12.1 Å². The van der Waals surface area contributed by atoms with Crippen LogP contribution >= 0.6 is 11.6 Å². The molecule has 2 aromatic rings. The van der Waals surface area contributed by atoms with Crippen molar-refractivity contribution in [2.75, 3.05) is 0 Å². The molecule has 0 amide bonds. The monoisotopic (exact) mass is 305 g/mol. The summed E-state index contributed by atoms with van der Waals surface area (Å²) in [4.78, 5) is 15.4. The molecule has 1 aromatic carbocycles. The van der Waals surface area contributed by atoms with Crippen LogP contribution in [0.2, 0.25) is 5.02 Å². The summed E-state index contributed by atoms with van der Waals surface area (Å²) in [6, 6.07) is 7.20. The predicted octanol–water partition coefficient (Wildman–Crippen LogP) is 4.28. The molecular formula is C16H16ClNO3. The van der Waals surface area contributed by atoms with Gasteiger partial charge >= 0.3 is 5.97 Å². The highest BCUT2D eigenvalue weighted by Crippen LogP contribution is 2.38. The smallest absolute Gasteiger partial charge is 0.309 e. The minimum atomic E-state index is -0.884. The number of aliphatic carboxylic acids is 1. The van der Waals surface area contributed by atoms with E-state index < -0.39 is 5.97 Å². The van der Waals surface area contributed by atoms with Crippen LogP contribution in [0.15, 0.2) is 28.7 Å². The first kappa shape index (κ1) is 14.1. The molecule has 110 valence electrons. The molecule has 1 saturated carbocycles. The van der Waals surface area contributed by atoms with Gasteiger partial charge in [0.1, 0.15) is 5.76 Å². The molecule has 0 unspecified atom stereocenters. The van der Waals surface area contributed by atoms with Crippen LogP contribution in [0.5, 0.6) is 0 Å². The molecule has 4 nitrogen and oxygen atoms in total. The van der Waals surface area contributed by atoms with Crippen LogP contribution in [0.25, 0.3) is 11.5 Å². The van der Waals surface area contributed by atoms with Gasteiger partial charge in [-0.3, -0.25) is 4.79 Å². The second-order valence-corrected chi connectivity index (χ2v) is 5.83. The van der Waals surface area contributed by atoms with Crippen LogP contribution < -0.4 is 0 Å². The molecule has 3 rings (SSSR count). The SMILES string of the molecule is O=C(O)Cc1nc(-c2ccc(Cl)cc2)oc1C1CCCC1. The van der Waals surface area contributed by atoms with Crippen LogP contribution in [0.1, 0.15) is 43.1 Å². The van der Waals surface area contributed by atoms with Gasteiger partial charge in [0.15, 0.2) is 0 Å². The Morgan fingerprint density at radius 2 is 1.95 bits per heavy atom. The van der Waals surface area contributed by atoms with Gasteiger partial charge in [-0.1, -0.05) is 24.4 Å². The standard InChI is InChI=1S/C16H16ClNO3/c17-12-7-5-11(6-8-12)16-18-13(9-14(19)20)15(21-16)10-3-1-2-4-10/h5-8,10H,1-4,9H2,(H,19,20). The van der Waals surface area contributed by atoms with Crippen molar-refractivity contribution in [3.05, 3.63) is 40.7 Å². The molecule has 1 fully saturated rings. The van der Waals surface area contributed by atoms with Gasteiger partial charge < -0.3 is 9.52 Å². The molecule has 1 heterocycles. The summed E-state index contributed by atoms with van der Waals surface area (Å²) in [7, 11) is 0. The summed E-state index contributed by atoms with van der Waals surface area (Å²) in [5.41, 5.74) is 1.37. The van der Waals surface area contributed by atoms with Gasteiger partial charge in [0.2, 0.25) is 5.89 Å². The van der Waals surface area contributed by atoms with Gasteiger partial charge in [0, 0.05) is 16.5 Å². The van der Waals surface area contributed by atoms with Crippen molar-refractivity contribution in [3.63, 3.8) is 0 Å². The molecule has 1 N–H and O–H groups in total. The molecule has 5 heteroatoms. The number of benzene rings is 1. The molecule has 0 bridgehead atoms. The van der Waals surface area contributed by atoms with Gasteiger partial charge in [-0.15, -0.1) is 0 Å². The van der Waals surface area contributed by atoms with Crippen molar-refractivity contribution in [3.8, 4) is 11.5 Å². The molecule has 0 aliphatic heterocycles. The second kappa shape index (κ2) is 5.90. The average Bonchev–Trinajstić information content (AvgIpc) is 3.08. The number of carboxylic acids is 1. The minimum Gasteiger partial charge on any atom is -0.481 e. The highest BCUT2D eigenvalue weighted by Gasteiger charge is 2.26. The fourth-order valence-corrected chi connectivity index (χ4v) is 2.98. The van der Waals surface area contributed by atoms with E-state index in [2.05, 4.69) is 4.98 Å². The van der Waals surface area contributed by atoms with Crippen molar-refractivity contribution < 1.29 is 14.3 Å². The van der Waals surface area contributed by atoms with Gasteiger partial charge in [-0.2, -0.15) is 0 Å². The van der Waals surface area contributed by atoms with Gasteiger partial charge in [-0.05, 0) is 37.1 Å². The van der Waals surface area contributed by atoms with Crippen LogP contribution in [-0.4, -0.2) is 16.1 Å². The molecule has 0 spiro atoms. The normalized spacial score (nSPS) is 15.5. The summed E-state index contributed by atoms with van der Waals surface area (Å²) in [6.07, 6.45) is 4.31. The van der Waals surface area contributed by atoms with Gasteiger partial charge in [0.25, 0.3) is 0 Å². The number of halogens is 1. The summed E-state index contributed by atoms with van der Waals surface area (Å²) < 4.78 is 5.91. The van der Waals surface area contributed by atoms with E-state index in [9.17, 15) is 4.79 Å². The largest absolute Gasteiger partial charge is 0.481 e. The van der Waals surface area contributed by atoms with Crippen LogP contribution in [0.3, 0.4) is 0 Å². The number of oxazole rings is 1. The Hall–Kier alpha value is -1.81. The highest BCUT2D eigenvalue weighted by atomic mass is 35.5. The Kier molecular flexibility index (Phi) is 3.97. The Bertz CT molecular complexity index is 642. The molecule has 1 aromatic heterocycles. The summed E-state index contributed by atoms with van der Waals surface area (Å²) >= 11 is 5.88. The fraction of sp³-hybridized carbons (Fsp3) is 0.375. The molecule has 0 saturated heterocycles. The number of hydrogen-bond acceptors (Lipinski definition) is 3. The quantitative estimate of drug-likeness (QED) is 0.915. The summed E-state index contributed by atoms with van der Waals surface area (Å²) in [5, 5.41) is 9.70. The molecule has 0 atom stereocenters. The van der Waals surface area contributed by atoms with Gasteiger partial charge in [-0.25, -0.2) is 4.98 Å². The van der Waals surface area contributed by atoms with Crippen LogP contribution in [0.4, 0.5) is 0 Å². The maximum atomic E-state index is 11.0. The maximum Gasteiger partial charge on any atom is 0.309 e. The van der Waals surface area contributed by atoms with E-state index in [1.165, 1.54) is 0 Å². The Labute approximate surface area is 127 Å². The minimum absolute atomic E-state index is 0.0943.